The van der Waals surface area contributed by atoms with E-state index in [1.54, 1.807) is 42.4 Å². The first kappa shape index (κ1) is 19.7. The summed E-state index contributed by atoms with van der Waals surface area (Å²) in [6, 6.07) is 7.13. The maximum Gasteiger partial charge on any atom is 0.416 e. The zero-order valence-corrected chi connectivity index (χ0v) is 16.5. The Bertz CT molecular complexity index is 1070. The predicted molar refractivity (Wildman–Crippen MR) is 102 cm³/mol. The van der Waals surface area contributed by atoms with Gasteiger partial charge >= 0.3 is 5.97 Å². The zero-order chi connectivity index (χ0) is 21.3. The van der Waals surface area contributed by atoms with Crippen LogP contribution in [0.25, 0.3) is 5.69 Å². The number of rotatable bonds is 4. The molecule has 0 bridgehead atoms. The molecule has 1 saturated heterocycles. The van der Waals surface area contributed by atoms with Crippen molar-refractivity contribution >= 4 is 11.9 Å². The van der Waals surface area contributed by atoms with E-state index in [1.807, 2.05) is 13.0 Å². The molecule has 4 rings (SSSR count). The molecule has 0 aliphatic carbocycles. The first-order chi connectivity index (χ1) is 14.5. The quantitative estimate of drug-likeness (QED) is 0.648. The number of carbonyl (C=O) groups excluding carboxylic acids is 2. The SMILES string of the molecule is Cc1nc(C2CC[C@@H](C)N(C(=O)c3ccccc3-n3nccn3)C2)oc1C(=O)OF. The third-order valence-electron chi connectivity index (χ3n) is 5.33. The number of aryl methyl sites for hydroxylation is 1. The van der Waals surface area contributed by atoms with E-state index in [-0.39, 0.29) is 29.3 Å². The van der Waals surface area contributed by atoms with Gasteiger partial charge in [0.1, 0.15) is 0 Å². The highest BCUT2D eigenvalue weighted by molar-refractivity contribution is 5.98. The number of piperidine rings is 1. The van der Waals surface area contributed by atoms with E-state index in [0.29, 0.717) is 23.7 Å². The average molecular weight is 413 g/mol. The van der Waals surface area contributed by atoms with Crippen LogP contribution in [0.5, 0.6) is 0 Å². The number of halogens is 1. The summed E-state index contributed by atoms with van der Waals surface area (Å²) >= 11 is 0. The highest BCUT2D eigenvalue weighted by atomic mass is 19.3. The van der Waals surface area contributed by atoms with Gasteiger partial charge in [0.2, 0.25) is 5.76 Å². The molecule has 2 aromatic heterocycles. The molecule has 0 spiro atoms. The molecule has 9 nitrogen and oxygen atoms in total. The molecule has 0 radical (unpaired) electrons. The van der Waals surface area contributed by atoms with E-state index < -0.39 is 5.97 Å². The van der Waals surface area contributed by atoms with Gasteiger partial charge in [0.25, 0.3) is 5.91 Å². The lowest BCUT2D eigenvalue weighted by Crippen LogP contribution is -2.45. The van der Waals surface area contributed by atoms with Crippen LogP contribution in [0.4, 0.5) is 4.53 Å². The topological polar surface area (TPSA) is 103 Å². The summed E-state index contributed by atoms with van der Waals surface area (Å²) in [7, 11) is 0. The van der Waals surface area contributed by atoms with Crippen LogP contribution in [-0.2, 0) is 4.94 Å². The molecule has 156 valence electrons. The first-order valence-electron chi connectivity index (χ1n) is 9.56. The highest BCUT2D eigenvalue weighted by Crippen LogP contribution is 2.32. The van der Waals surface area contributed by atoms with Crippen molar-refractivity contribution in [2.45, 2.75) is 38.6 Å². The molecule has 1 aromatic carbocycles. The summed E-state index contributed by atoms with van der Waals surface area (Å²) in [4.78, 5) is 35.6. The summed E-state index contributed by atoms with van der Waals surface area (Å²) in [6.07, 6.45) is 4.54. The van der Waals surface area contributed by atoms with E-state index in [9.17, 15) is 14.1 Å². The molecular formula is C20H20FN5O4. The highest BCUT2D eigenvalue weighted by Gasteiger charge is 2.34. The summed E-state index contributed by atoms with van der Waals surface area (Å²) in [5, 5.41) is 8.26. The standard InChI is InChI=1S/C20H20FN5O4/c1-12-7-8-14(18-24-13(2)17(29-18)20(28)30-21)11-25(12)19(27)15-5-3-4-6-16(15)26-22-9-10-23-26/h3-6,9-10,12,14H,7-8,11H2,1-2H3/t12-,14?/m1/s1. The monoisotopic (exact) mass is 413 g/mol. The van der Waals surface area contributed by atoms with Crippen LogP contribution < -0.4 is 0 Å². The molecule has 3 aromatic rings. The van der Waals surface area contributed by atoms with E-state index in [4.69, 9.17) is 4.42 Å². The molecule has 0 N–H and O–H groups in total. The number of nitrogens with zero attached hydrogens (tertiary/aromatic N) is 5. The van der Waals surface area contributed by atoms with E-state index in [2.05, 4.69) is 20.1 Å². The molecule has 3 heterocycles. The number of hydrogen-bond acceptors (Lipinski definition) is 7. The summed E-state index contributed by atoms with van der Waals surface area (Å²) in [5.41, 5.74) is 1.31. The van der Waals surface area contributed by atoms with Crippen molar-refractivity contribution in [3.8, 4) is 5.69 Å². The zero-order valence-electron chi connectivity index (χ0n) is 16.5. The fourth-order valence-electron chi connectivity index (χ4n) is 3.73. The number of hydrogen-bond donors (Lipinski definition) is 0. The molecule has 1 aliphatic heterocycles. The van der Waals surface area contributed by atoms with Crippen molar-refractivity contribution in [1.82, 2.24) is 24.9 Å². The summed E-state index contributed by atoms with van der Waals surface area (Å²) < 4.78 is 17.7. The number of benzene rings is 1. The normalized spacial score (nSPS) is 19.0. The van der Waals surface area contributed by atoms with Crippen LogP contribution in [0.2, 0.25) is 0 Å². The predicted octanol–water partition coefficient (Wildman–Crippen LogP) is 3.01. The van der Waals surface area contributed by atoms with Gasteiger partial charge in [0, 0.05) is 17.1 Å². The lowest BCUT2D eigenvalue weighted by molar-refractivity contribution is -0.0814. The minimum absolute atomic E-state index is 0.00118. The van der Waals surface area contributed by atoms with Gasteiger partial charge < -0.3 is 9.32 Å². The van der Waals surface area contributed by atoms with Crippen LogP contribution >= 0.6 is 0 Å². The van der Waals surface area contributed by atoms with Crippen LogP contribution in [0.3, 0.4) is 0 Å². The third kappa shape index (κ3) is 3.56. The third-order valence-corrected chi connectivity index (χ3v) is 5.33. The molecule has 30 heavy (non-hydrogen) atoms. The fourth-order valence-corrected chi connectivity index (χ4v) is 3.73. The minimum Gasteiger partial charge on any atom is -0.433 e. The summed E-state index contributed by atoms with van der Waals surface area (Å²) in [5.74, 6) is -1.57. The molecule has 2 atom stereocenters. The van der Waals surface area contributed by atoms with Gasteiger partial charge in [-0.25, -0.2) is 14.7 Å². The maximum atomic E-state index is 13.4. The van der Waals surface area contributed by atoms with Crippen LogP contribution in [0.15, 0.2) is 41.1 Å². The number of likely N-dealkylation sites (tertiary alicyclic amines) is 1. The lowest BCUT2D eigenvalue weighted by Gasteiger charge is -2.37. The van der Waals surface area contributed by atoms with E-state index in [0.717, 1.165) is 12.8 Å². The average Bonchev–Trinajstić information content (AvgIpc) is 3.43. The molecule has 1 fully saturated rings. The van der Waals surface area contributed by atoms with Gasteiger partial charge in [0.05, 0.1) is 35.3 Å². The van der Waals surface area contributed by atoms with Crippen molar-refractivity contribution in [2.24, 2.45) is 0 Å². The number of para-hydroxylation sites is 1. The Balaban J connectivity index is 1.61. The van der Waals surface area contributed by atoms with Gasteiger partial charge in [-0.15, -0.1) is 0 Å². The van der Waals surface area contributed by atoms with Crippen LogP contribution in [0, 0.1) is 6.92 Å². The molecule has 0 saturated carbocycles. The lowest BCUT2D eigenvalue weighted by atomic mass is 9.92. The Morgan fingerprint density at radius 3 is 2.67 bits per heavy atom. The minimum atomic E-state index is -1.22. The molecule has 1 aliphatic rings. The largest absolute Gasteiger partial charge is 0.433 e. The van der Waals surface area contributed by atoms with Crippen LogP contribution in [-0.4, -0.2) is 49.3 Å². The maximum absolute atomic E-state index is 13.4. The number of carbonyl (C=O) groups is 2. The first-order valence-corrected chi connectivity index (χ1v) is 9.56. The molecule has 10 heteroatoms. The van der Waals surface area contributed by atoms with Crippen molar-refractivity contribution in [3.05, 3.63) is 59.6 Å². The van der Waals surface area contributed by atoms with Gasteiger partial charge in [-0.1, -0.05) is 12.1 Å². The van der Waals surface area contributed by atoms with E-state index in [1.165, 1.54) is 4.80 Å². The second kappa shape index (κ2) is 8.05. The van der Waals surface area contributed by atoms with Gasteiger partial charge in [0.15, 0.2) is 5.89 Å². The Labute approximate surface area is 171 Å². The Hall–Kier alpha value is -3.56. The van der Waals surface area contributed by atoms with Crippen LogP contribution in [0.1, 0.15) is 58.2 Å². The Morgan fingerprint density at radius 2 is 1.93 bits per heavy atom. The second-order valence-corrected chi connectivity index (χ2v) is 7.25. The number of amides is 1. The number of aromatic nitrogens is 4. The van der Waals surface area contributed by atoms with E-state index >= 15 is 0 Å². The van der Waals surface area contributed by atoms with Gasteiger partial charge in [-0.2, -0.15) is 15.0 Å². The van der Waals surface area contributed by atoms with Crippen molar-refractivity contribution in [3.63, 3.8) is 0 Å². The Kier molecular flexibility index (Phi) is 5.30. The van der Waals surface area contributed by atoms with Crippen molar-refractivity contribution in [2.75, 3.05) is 6.54 Å². The van der Waals surface area contributed by atoms with Gasteiger partial charge in [-0.05, 0) is 38.8 Å². The Morgan fingerprint density at radius 1 is 1.20 bits per heavy atom. The summed E-state index contributed by atoms with van der Waals surface area (Å²) in [6.45, 7) is 3.88. The molecular weight excluding hydrogens is 393 g/mol. The molecule has 1 amide bonds. The second-order valence-electron chi connectivity index (χ2n) is 7.25. The number of oxazole rings is 1. The van der Waals surface area contributed by atoms with Crippen molar-refractivity contribution in [1.29, 1.82) is 0 Å². The van der Waals surface area contributed by atoms with Crippen molar-refractivity contribution < 1.29 is 23.5 Å². The fraction of sp³-hybridized carbons (Fsp3) is 0.350. The molecule has 1 unspecified atom stereocenters. The van der Waals surface area contributed by atoms with Gasteiger partial charge in [-0.3, -0.25) is 4.79 Å². The smallest absolute Gasteiger partial charge is 0.416 e.